The summed E-state index contributed by atoms with van der Waals surface area (Å²) in [5, 5.41) is 0. The van der Waals surface area contributed by atoms with Crippen molar-refractivity contribution in [2.24, 2.45) is 0 Å². The van der Waals surface area contributed by atoms with Crippen LogP contribution in [-0.4, -0.2) is 216 Å². The molecule has 2 N–H and O–H groups in total. The molecule has 66 heteroatoms. The minimum Gasteiger partial charge on any atom is -0.207 e. The lowest BCUT2D eigenvalue weighted by Gasteiger charge is -2.42. The zero-order valence-corrected chi connectivity index (χ0v) is 61.8. The minimum atomic E-state index is -8.96. The largest absolute Gasteiger partial charge is 0.460 e. The first-order valence-corrected chi connectivity index (χ1v) is 37.6. The average molecular weight is 2010 g/mol. The number of benzene rings is 3. The van der Waals surface area contributed by atoms with Crippen LogP contribution in [0.3, 0.4) is 0 Å². The molecule has 0 radical (unpaired) electrons. The second kappa shape index (κ2) is 34.7. The predicted octanol–water partition coefficient (Wildman–Crippen LogP) is 22.2. The van der Waals surface area contributed by atoms with Gasteiger partial charge in [-0.2, -0.15) is 228 Å². The number of halogens is 51. The molecule has 3 aromatic carbocycles. The van der Waals surface area contributed by atoms with Crippen molar-refractivity contribution in [3.8, 4) is 0 Å². The van der Waals surface area contributed by atoms with Crippen molar-refractivity contribution in [2.45, 2.75) is 192 Å². The van der Waals surface area contributed by atoms with Gasteiger partial charge in [-0.05, 0) is 72.8 Å². The minimum absolute atomic E-state index is 0.258. The number of thioether (sulfide) groups is 3. The predicted molar refractivity (Wildman–Crippen MR) is 315 cm³/mol. The van der Waals surface area contributed by atoms with Gasteiger partial charge in [-0.25, -0.2) is 34.7 Å². The number of rotatable bonds is 44. The van der Waals surface area contributed by atoms with E-state index in [9.17, 15) is 249 Å². The maximum Gasteiger partial charge on any atom is 0.460 e. The molecule has 9 nitrogen and oxygen atoms in total. The van der Waals surface area contributed by atoms with Crippen LogP contribution in [0.4, 0.5) is 224 Å². The summed E-state index contributed by atoms with van der Waals surface area (Å²) < 4.78 is 783. The number of nitrogens with zero attached hydrogens (tertiary/aromatic N) is 1. The van der Waals surface area contributed by atoms with Gasteiger partial charge in [-0.1, -0.05) is 24.3 Å². The molecule has 3 aromatic rings. The third-order valence-corrected chi connectivity index (χ3v) is 23.6. The van der Waals surface area contributed by atoms with Gasteiger partial charge in [-0.15, -0.1) is 35.3 Å². The molecule has 0 aliphatic rings. The fourth-order valence-electron chi connectivity index (χ4n) is 8.54. The van der Waals surface area contributed by atoms with E-state index in [-0.39, 0.29) is 39.6 Å². The van der Waals surface area contributed by atoms with E-state index in [1.165, 1.54) is 0 Å². The molecule has 0 aliphatic heterocycles. The Morgan fingerprint density at radius 1 is 0.238 bits per heavy atom. The summed E-state index contributed by atoms with van der Waals surface area (Å²) in [6.45, 7) is -4.18. The average Bonchev–Trinajstić information content (AvgIpc) is 0.703. The molecule has 0 atom stereocenters. The van der Waals surface area contributed by atoms with E-state index in [1.807, 2.05) is 0 Å². The summed E-state index contributed by atoms with van der Waals surface area (Å²) in [7, 11) is -15.1. The van der Waals surface area contributed by atoms with Gasteiger partial charge in [0.05, 0.1) is 14.7 Å². The summed E-state index contributed by atoms with van der Waals surface area (Å²) in [5.41, 5.74) is 0. The molecule has 0 amide bonds. The number of nitrogens with one attached hydrogen (secondary N) is 2. The van der Waals surface area contributed by atoms with Gasteiger partial charge in [0, 0.05) is 77.4 Å². The van der Waals surface area contributed by atoms with Gasteiger partial charge in [0.2, 0.25) is 30.1 Å². The smallest absolute Gasteiger partial charge is 0.207 e. The van der Waals surface area contributed by atoms with Crippen LogP contribution in [0.25, 0.3) is 0 Å². The first-order valence-electron chi connectivity index (χ1n) is 30.2. The normalized spacial score (nSPS) is 15.9. The molecule has 0 aromatic heterocycles. The Morgan fingerprint density at radius 2 is 0.410 bits per heavy atom. The molecule has 706 valence electrons. The highest BCUT2D eigenvalue weighted by atomic mass is 32.2. The molecular formula is C56H38F51N3O6S6. The maximum atomic E-state index is 14.6. The van der Waals surface area contributed by atoms with Gasteiger partial charge in [-0.3, -0.25) is 0 Å². The Balaban J connectivity index is 1.91. The molecule has 3 rings (SSSR count). The molecule has 0 aliphatic carbocycles. The van der Waals surface area contributed by atoms with E-state index in [4.69, 9.17) is 0 Å². The summed E-state index contributed by atoms with van der Waals surface area (Å²) in [6.07, 6.45) is -30.1. The van der Waals surface area contributed by atoms with Crippen molar-refractivity contribution in [1.82, 2.24) is 13.7 Å². The van der Waals surface area contributed by atoms with Crippen molar-refractivity contribution >= 4 is 65.4 Å². The Hall–Kier alpha value is -5.65. The summed E-state index contributed by atoms with van der Waals surface area (Å²) in [5.74, 6) is -181. The van der Waals surface area contributed by atoms with Crippen molar-refractivity contribution in [3.63, 3.8) is 0 Å². The number of hydrogen-bond donors (Lipinski definition) is 2. The highest BCUT2D eigenvalue weighted by Crippen LogP contribution is 2.69. The van der Waals surface area contributed by atoms with Crippen molar-refractivity contribution < 1.29 is 249 Å². The Morgan fingerprint density at radius 3 is 0.598 bits per heavy atom. The third kappa shape index (κ3) is 19.2. The van der Waals surface area contributed by atoms with Crippen LogP contribution in [0.1, 0.15) is 19.3 Å². The van der Waals surface area contributed by atoms with Crippen LogP contribution in [0.15, 0.2) is 126 Å². The van der Waals surface area contributed by atoms with Gasteiger partial charge in [0.25, 0.3) is 0 Å². The summed E-state index contributed by atoms with van der Waals surface area (Å²) in [6, 6.07) is 5.71. The van der Waals surface area contributed by atoms with Crippen LogP contribution in [-0.2, 0) is 30.1 Å². The second-order valence-electron chi connectivity index (χ2n) is 24.1. The van der Waals surface area contributed by atoms with E-state index in [0.29, 0.717) is 97.1 Å². The van der Waals surface area contributed by atoms with Gasteiger partial charge in [0.1, 0.15) is 0 Å². The monoisotopic (exact) mass is 2010 g/mol. The Labute approximate surface area is 658 Å². The Bertz CT molecular complexity index is 4300. The lowest BCUT2D eigenvalue weighted by Crippen LogP contribution is -2.74. The fraction of sp³-hybridized carbons (Fsp3) is 0.607. The lowest BCUT2D eigenvalue weighted by molar-refractivity contribution is -0.461. The van der Waals surface area contributed by atoms with Crippen molar-refractivity contribution in [3.05, 3.63) is 97.1 Å². The van der Waals surface area contributed by atoms with Crippen LogP contribution in [0.2, 0.25) is 0 Å². The fourth-order valence-corrected chi connectivity index (χ4v) is 14.6. The summed E-state index contributed by atoms with van der Waals surface area (Å²) >= 11 is -0.838. The zero-order valence-electron chi connectivity index (χ0n) is 56.9. The molecule has 0 saturated carbocycles. The van der Waals surface area contributed by atoms with Crippen LogP contribution in [0, 0.1) is 0 Å². The van der Waals surface area contributed by atoms with E-state index in [0.717, 1.165) is 0 Å². The third-order valence-electron chi connectivity index (χ3n) is 15.9. The topological polar surface area (TPSA) is 130 Å². The number of alkyl halides is 51. The molecule has 122 heavy (non-hydrogen) atoms. The second-order valence-corrected chi connectivity index (χ2v) is 33.1. The molecule has 0 spiro atoms. The van der Waals surface area contributed by atoms with Crippen LogP contribution >= 0.6 is 35.3 Å². The molecule has 0 fully saturated rings. The number of hydrogen-bond acceptors (Lipinski definition) is 9. The molecule has 0 bridgehead atoms. The van der Waals surface area contributed by atoms with E-state index < -0.39 is 265 Å². The lowest BCUT2D eigenvalue weighted by atomic mass is 9.88. The highest BCUT2D eigenvalue weighted by molar-refractivity contribution is 7.99. The standard InChI is InChI=1S/C56H38F51N3O6S6/c57-33(58,36(63,64)39(69,70)42(75,76)45(81,82)48(87,88)51(93,94)54(99,100)101)17-24-117-27-5-11-30(12-6-27)120(111,112)108-20-1-3-22-110(122(115,116)32-15-9-29(10-16-32)119-26-19-35(61,62)38(67,68)41(73,74)44(79,80)47(85,86)50(91,92)53(97,98)56(105,106)107)23-4-2-21-109-121(113,114)31-13-7-28(8-14-31)118-25-18-34(59,60)37(65,66)40(71,72)43(77,78)46(83,84)49(89,90)52(95,96)55(102,103)104/h1-16,108-109H,17-26H2/b3-1+,4-2+. The molecule has 0 unspecified atom stereocenters. The van der Waals surface area contributed by atoms with E-state index >= 15 is 0 Å². The van der Waals surface area contributed by atoms with Gasteiger partial charge in [0.15, 0.2) is 0 Å². The zero-order chi connectivity index (χ0) is 96.5. The number of sulfonamides is 3. The van der Waals surface area contributed by atoms with Crippen molar-refractivity contribution in [2.75, 3.05) is 43.4 Å². The van der Waals surface area contributed by atoms with Gasteiger partial charge >= 0.3 is 143 Å². The van der Waals surface area contributed by atoms with Gasteiger partial charge < -0.3 is 0 Å². The van der Waals surface area contributed by atoms with Crippen molar-refractivity contribution in [1.29, 1.82) is 0 Å². The summed E-state index contributed by atoms with van der Waals surface area (Å²) in [4.78, 5) is -4.85. The van der Waals surface area contributed by atoms with E-state index in [1.54, 1.807) is 9.44 Å². The molecular weight excluding hydrogens is 1970 g/mol. The first-order chi connectivity index (χ1) is 53.6. The Kier molecular flexibility index (Phi) is 31.5. The maximum absolute atomic E-state index is 14.6. The first kappa shape index (κ1) is 111. The SMILES string of the molecule is O=S(=O)(NC/C=C/CN(C/C=C/CNS(=O)(=O)c1ccc(SCCC(F)(F)C(F)(F)C(F)(F)C(F)(F)C(F)(F)C(F)(F)C(F)(F)C(F)(F)F)cc1)S(=O)(=O)c1ccc(SCCC(F)(F)C(F)(F)C(F)(F)C(F)(F)C(F)(F)C(F)(F)C(F)(F)C(F)(F)F)cc1)c1ccc(SCCC(F)(F)C(F)(F)C(F)(F)C(F)(F)C(F)(F)C(F)(F)C(F)(F)C(F)(F)F)cc1. The van der Waals surface area contributed by atoms with Crippen LogP contribution in [0.5, 0.6) is 0 Å². The van der Waals surface area contributed by atoms with E-state index in [2.05, 4.69) is 0 Å². The highest BCUT2D eigenvalue weighted by Gasteiger charge is 2.99. The molecule has 0 saturated heterocycles. The quantitative estimate of drug-likeness (QED) is 0.0323. The van der Waals surface area contributed by atoms with Crippen LogP contribution < -0.4 is 9.44 Å². The molecule has 0 heterocycles.